The zero-order valence-corrected chi connectivity index (χ0v) is 15.1. The van der Waals surface area contributed by atoms with E-state index in [1.165, 1.54) is 36.5 Å². The Bertz CT molecular complexity index is 1130. The lowest BCUT2D eigenvalue weighted by Gasteiger charge is -2.13. The SMILES string of the molecule is OC(c1cccnc1)c1c(-c2ccc(Cl)cc2F)noc1-c1ccccc1F. The van der Waals surface area contributed by atoms with Crippen LogP contribution in [-0.2, 0) is 0 Å². The topological polar surface area (TPSA) is 59.2 Å². The molecule has 2 heterocycles. The minimum Gasteiger partial charge on any atom is -0.383 e. The highest BCUT2D eigenvalue weighted by Gasteiger charge is 2.29. The van der Waals surface area contributed by atoms with E-state index in [0.29, 0.717) is 5.56 Å². The molecule has 0 saturated carbocycles. The molecule has 7 heteroatoms. The van der Waals surface area contributed by atoms with Gasteiger partial charge >= 0.3 is 0 Å². The molecule has 0 aliphatic heterocycles. The molecule has 1 N–H and O–H groups in total. The standard InChI is InChI=1S/C21H13ClF2N2O2/c22-13-7-8-14(17(24)10-13)19-18(20(27)12-4-3-9-25-11-12)21(28-26-19)15-5-1-2-6-16(15)23/h1-11,20,27H. The van der Waals surface area contributed by atoms with Gasteiger partial charge in [-0.3, -0.25) is 4.98 Å². The first-order chi connectivity index (χ1) is 13.6. The van der Waals surface area contributed by atoms with Crippen molar-refractivity contribution in [1.29, 1.82) is 0 Å². The van der Waals surface area contributed by atoms with Crippen LogP contribution in [0.3, 0.4) is 0 Å². The van der Waals surface area contributed by atoms with Crippen LogP contribution in [0.4, 0.5) is 8.78 Å². The maximum absolute atomic E-state index is 14.5. The van der Waals surface area contributed by atoms with Gasteiger partial charge in [-0.05, 0) is 36.4 Å². The van der Waals surface area contributed by atoms with Crippen LogP contribution in [0.2, 0.25) is 5.02 Å². The van der Waals surface area contributed by atoms with E-state index in [1.54, 1.807) is 24.4 Å². The predicted molar refractivity (Wildman–Crippen MR) is 101 cm³/mol. The van der Waals surface area contributed by atoms with Crippen molar-refractivity contribution in [2.45, 2.75) is 6.10 Å². The molecule has 0 aliphatic carbocycles. The summed E-state index contributed by atoms with van der Waals surface area (Å²) in [6, 6.07) is 13.3. The zero-order valence-electron chi connectivity index (χ0n) is 14.3. The Morgan fingerprint density at radius 2 is 1.79 bits per heavy atom. The number of aliphatic hydroxyl groups excluding tert-OH is 1. The lowest BCUT2D eigenvalue weighted by Crippen LogP contribution is -2.03. The van der Waals surface area contributed by atoms with Crippen LogP contribution < -0.4 is 0 Å². The highest BCUT2D eigenvalue weighted by molar-refractivity contribution is 6.30. The molecular weight excluding hydrogens is 386 g/mol. The van der Waals surface area contributed by atoms with E-state index in [9.17, 15) is 13.9 Å². The first kappa shape index (κ1) is 18.3. The van der Waals surface area contributed by atoms with Crippen molar-refractivity contribution in [2.75, 3.05) is 0 Å². The van der Waals surface area contributed by atoms with Crippen molar-refractivity contribution in [3.05, 3.63) is 94.8 Å². The van der Waals surface area contributed by atoms with E-state index in [-0.39, 0.29) is 33.2 Å². The molecule has 0 aliphatic rings. The number of hydrogen-bond acceptors (Lipinski definition) is 4. The van der Waals surface area contributed by atoms with Gasteiger partial charge in [0.1, 0.15) is 23.4 Å². The van der Waals surface area contributed by atoms with Crippen LogP contribution in [0, 0.1) is 11.6 Å². The molecule has 140 valence electrons. The van der Waals surface area contributed by atoms with Gasteiger partial charge in [0, 0.05) is 28.5 Å². The number of halogens is 3. The quantitative estimate of drug-likeness (QED) is 0.499. The Kier molecular flexibility index (Phi) is 4.90. The van der Waals surface area contributed by atoms with E-state index in [1.807, 2.05) is 0 Å². The third kappa shape index (κ3) is 3.28. The molecule has 1 unspecified atom stereocenters. The van der Waals surface area contributed by atoms with Gasteiger partial charge in [0.2, 0.25) is 0 Å². The van der Waals surface area contributed by atoms with Gasteiger partial charge in [0.05, 0.1) is 11.1 Å². The Morgan fingerprint density at radius 1 is 0.964 bits per heavy atom. The van der Waals surface area contributed by atoms with Crippen LogP contribution in [0.5, 0.6) is 0 Å². The molecule has 4 nitrogen and oxygen atoms in total. The Hall–Kier alpha value is -3.09. The molecule has 0 spiro atoms. The summed E-state index contributed by atoms with van der Waals surface area (Å²) in [6.07, 6.45) is 1.76. The summed E-state index contributed by atoms with van der Waals surface area (Å²) in [7, 11) is 0. The Morgan fingerprint density at radius 3 is 2.50 bits per heavy atom. The fraction of sp³-hybridized carbons (Fsp3) is 0.0476. The van der Waals surface area contributed by atoms with Crippen LogP contribution in [0.15, 0.2) is 71.5 Å². The minimum absolute atomic E-state index is 0.0128. The first-order valence-electron chi connectivity index (χ1n) is 8.34. The zero-order chi connectivity index (χ0) is 19.7. The van der Waals surface area contributed by atoms with Crippen molar-refractivity contribution in [3.8, 4) is 22.6 Å². The average Bonchev–Trinajstić information content (AvgIpc) is 3.13. The summed E-state index contributed by atoms with van der Waals surface area (Å²) >= 11 is 5.83. The normalized spacial score (nSPS) is 12.1. The fourth-order valence-corrected chi connectivity index (χ4v) is 3.13. The summed E-state index contributed by atoms with van der Waals surface area (Å²) in [4.78, 5) is 3.99. The lowest BCUT2D eigenvalue weighted by molar-refractivity contribution is 0.220. The van der Waals surface area contributed by atoms with Crippen LogP contribution >= 0.6 is 11.6 Å². The molecule has 28 heavy (non-hydrogen) atoms. The lowest BCUT2D eigenvalue weighted by atomic mass is 9.94. The molecule has 4 aromatic rings. The number of nitrogens with zero attached hydrogens (tertiary/aromatic N) is 2. The molecular formula is C21H13ClF2N2O2. The van der Waals surface area contributed by atoms with Gasteiger partial charge in [0.15, 0.2) is 5.76 Å². The van der Waals surface area contributed by atoms with Crippen LogP contribution in [0.25, 0.3) is 22.6 Å². The second kappa shape index (κ2) is 7.50. The van der Waals surface area contributed by atoms with Gasteiger partial charge in [0.25, 0.3) is 0 Å². The number of pyridine rings is 1. The smallest absolute Gasteiger partial charge is 0.176 e. The summed E-state index contributed by atoms with van der Waals surface area (Å²) in [5.74, 6) is -1.18. The Balaban J connectivity index is 1.96. The van der Waals surface area contributed by atoms with E-state index < -0.39 is 17.7 Å². The van der Waals surface area contributed by atoms with Crippen LogP contribution in [-0.4, -0.2) is 15.2 Å². The van der Waals surface area contributed by atoms with E-state index in [4.69, 9.17) is 16.1 Å². The first-order valence-corrected chi connectivity index (χ1v) is 8.72. The van der Waals surface area contributed by atoms with E-state index in [0.717, 1.165) is 6.07 Å². The largest absolute Gasteiger partial charge is 0.383 e. The molecule has 0 bridgehead atoms. The molecule has 0 amide bonds. The third-order valence-corrected chi connectivity index (χ3v) is 4.54. The van der Waals surface area contributed by atoms with E-state index in [2.05, 4.69) is 10.1 Å². The maximum atomic E-state index is 14.5. The van der Waals surface area contributed by atoms with Gasteiger partial charge < -0.3 is 9.63 Å². The molecule has 0 fully saturated rings. The number of benzene rings is 2. The third-order valence-electron chi connectivity index (χ3n) is 4.31. The predicted octanol–water partition coefficient (Wildman–Crippen LogP) is 5.42. The molecule has 2 aromatic carbocycles. The van der Waals surface area contributed by atoms with Crippen molar-refractivity contribution >= 4 is 11.6 Å². The fourth-order valence-electron chi connectivity index (χ4n) is 2.97. The van der Waals surface area contributed by atoms with E-state index >= 15 is 0 Å². The second-order valence-corrected chi connectivity index (χ2v) is 6.50. The van der Waals surface area contributed by atoms with Crippen molar-refractivity contribution < 1.29 is 18.4 Å². The highest BCUT2D eigenvalue weighted by atomic mass is 35.5. The van der Waals surface area contributed by atoms with Crippen LogP contribution in [0.1, 0.15) is 17.2 Å². The minimum atomic E-state index is -1.26. The summed E-state index contributed by atoms with van der Waals surface area (Å²) in [6.45, 7) is 0. The van der Waals surface area contributed by atoms with Gasteiger partial charge in [-0.15, -0.1) is 0 Å². The number of aliphatic hydroxyl groups is 1. The Labute approximate surface area is 164 Å². The summed E-state index contributed by atoms with van der Waals surface area (Å²) in [5, 5.41) is 15.1. The molecule has 0 saturated heterocycles. The number of rotatable bonds is 4. The monoisotopic (exact) mass is 398 g/mol. The number of hydrogen-bond donors (Lipinski definition) is 1. The van der Waals surface area contributed by atoms with Crippen molar-refractivity contribution in [2.24, 2.45) is 0 Å². The molecule has 4 rings (SSSR count). The number of aromatic nitrogens is 2. The van der Waals surface area contributed by atoms with Gasteiger partial charge in [-0.25, -0.2) is 8.78 Å². The highest BCUT2D eigenvalue weighted by Crippen LogP contribution is 2.40. The average molecular weight is 399 g/mol. The second-order valence-electron chi connectivity index (χ2n) is 6.07. The summed E-state index contributed by atoms with van der Waals surface area (Å²) < 4.78 is 34.3. The van der Waals surface area contributed by atoms with Crippen molar-refractivity contribution in [1.82, 2.24) is 10.1 Å². The molecule has 2 aromatic heterocycles. The maximum Gasteiger partial charge on any atom is 0.176 e. The van der Waals surface area contributed by atoms with Gasteiger partial charge in [-0.2, -0.15) is 0 Å². The van der Waals surface area contributed by atoms with Gasteiger partial charge in [-0.1, -0.05) is 35.0 Å². The molecule has 0 radical (unpaired) electrons. The summed E-state index contributed by atoms with van der Waals surface area (Å²) in [5.41, 5.74) is 0.809. The van der Waals surface area contributed by atoms with Crippen molar-refractivity contribution in [3.63, 3.8) is 0 Å². The molecule has 1 atom stereocenters.